The Hall–Kier alpha value is -2.40. The van der Waals surface area contributed by atoms with Gasteiger partial charge in [-0.2, -0.15) is 0 Å². The van der Waals surface area contributed by atoms with Crippen LogP contribution in [0, 0.1) is 0 Å². The van der Waals surface area contributed by atoms with E-state index in [-0.39, 0.29) is 17.8 Å². The Balaban J connectivity index is 1.34. The lowest BCUT2D eigenvalue weighted by Gasteiger charge is -2.27. The summed E-state index contributed by atoms with van der Waals surface area (Å²) < 4.78 is 11.3. The minimum atomic E-state index is -0.294. The van der Waals surface area contributed by atoms with Crippen molar-refractivity contribution in [3.05, 3.63) is 66.0 Å². The number of piperidine rings is 1. The van der Waals surface area contributed by atoms with Crippen LogP contribution in [-0.4, -0.2) is 35.2 Å². The van der Waals surface area contributed by atoms with Crippen LogP contribution in [0.15, 0.2) is 54.7 Å². The number of fused-ring (bicyclic) bond motifs is 1. The normalized spacial score (nSPS) is 25.6. The molecule has 1 amide bonds. The third-order valence-corrected chi connectivity index (χ3v) is 4.52. The predicted octanol–water partition coefficient (Wildman–Crippen LogP) is 2.72. The molecule has 0 N–H and O–H groups in total. The molecule has 5 heteroatoms. The molecule has 3 heterocycles. The van der Waals surface area contributed by atoms with Crippen molar-refractivity contribution in [3.63, 3.8) is 0 Å². The molecule has 0 radical (unpaired) electrons. The van der Waals surface area contributed by atoms with Crippen molar-refractivity contribution >= 4 is 6.09 Å². The second-order valence-corrected chi connectivity index (χ2v) is 5.95. The first-order valence-electron chi connectivity index (χ1n) is 7.83. The fourth-order valence-electron chi connectivity index (χ4n) is 3.16. The molecule has 2 aliphatic heterocycles. The maximum absolute atomic E-state index is 12.2. The second kappa shape index (κ2) is 5.66. The zero-order chi connectivity index (χ0) is 15.7. The molecule has 2 fully saturated rings. The van der Waals surface area contributed by atoms with Crippen molar-refractivity contribution in [1.29, 1.82) is 0 Å². The van der Waals surface area contributed by atoms with Gasteiger partial charge in [0.05, 0.1) is 12.2 Å². The average Bonchev–Trinajstić information content (AvgIpc) is 3.36. The molecule has 1 aromatic heterocycles. The lowest BCUT2D eigenvalue weighted by atomic mass is 9.93. The first-order chi connectivity index (χ1) is 11.3. The number of likely N-dealkylation sites (tertiary alicyclic amines) is 1. The molecule has 5 nitrogen and oxygen atoms in total. The molecule has 0 saturated carbocycles. The molecule has 1 aromatic carbocycles. The van der Waals surface area contributed by atoms with E-state index in [2.05, 4.69) is 4.98 Å². The van der Waals surface area contributed by atoms with Gasteiger partial charge in [-0.3, -0.25) is 4.98 Å². The van der Waals surface area contributed by atoms with Gasteiger partial charge in [-0.25, -0.2) is 4.79 Å². The van der Waals surface area contributed by atoms with Crippen molar-refractivity contribution in [1.82, 2.24) is 9.88 Å². The van der Waals surface area contributed by atoms with Crippen molar-refractivity contribution in [2.45, 2.75) is 24.7 Å². The molecule has 2 aromatic rings. The molecule has 2 saturated heterocycles. The highest BCUT2D eigenvalue weighted by molar-refractivity contribution is 5.68. The number of ether oxygens (including phenoxy) is 2. The van der Waals surface area contributed by atoms with Crippen LogP contribution in [-0.2, 0) is 21.7 Å². The van der Waals surface area contributed by atoms with Crippen molar-refractivity contribution in [2.24, 2.45) is 0 Å². The van der Waals surface area contributed by atoms with E-state index in [9.17, 15) is 4.79 Å². The number of carbonyl (C=O) groups is 1. The summed E-state index contributed by atoms with van der Waals surface area (Å²) in [4.78, 5) is 18.3. The van der Waals surface area contributed by atoms with E-state index >= 15 is 0 Å². The smallest absolute Gasteiger partial charge is 0.410 e. The summed E-state index contributed by atoms with van der Waals surface area (Å²) in [5.74, 6) is 0. The van der Waals surface area contributed by atoms with Gasteiger partial charge in [-0.05, 0) is 17.7 Å². The summed E-state index contributed by atoms with van der Waals surface area (Å²) >= 11 is 0. The highest BCUT2D eigenvalue weighted by Gasteiger charge is 2.61. The number of hydrogen-bond acceptors (Lipinski definition) is 4. The Labute approximate surface area is 134 Å². The summed E-state index contributed by atoms with van der Waals surface area (Å²) in [5, 5.41) is 0. The van der Waals surface area contributed by atoms with E-state index in [0.29, 0.717) is 19.7 Å². The molecule has 0 unspecified atom stereocenters. The highest BCUT2D eigenvalue weighted by Crippen LogP contribution is 2.51. The Bertz CT molecular complexity index is 692. The number of amides is 1. The molecule has 0 bridgehead atoms. The number of aromatic nitrogens is 1. The molecule has 0 spiro atoms. The molecule has 118 valence electrons. The molecule has 2 atom stereocenters. The molecule has 23 heavy (non-hydrogen) atoms. The number of nitrogens with zero attached hydrogens (tertiary/aromatic N) is 2. The number of benzene rings is 1. The third-order valence-electron chi connectivity index (χ3n) is 4.52. The minimum Gasteiger partial charge on any atom is -0.445 e. The van der Waals surface area contributed by atoms with Crippen LogP contribution in [0.4, 0.5) is 4.79 Å². The summed E-state index contributed by atoms with van der Waals surface area (Å²) in [6.07, 6.45) is 2.28. The Morgan fingerprint density at radius 2 is 2.09 bits per heavy atom. The zero-order valence-electron chi connectivity index (χ0n) is 12.7. The zero-order valence-corrected chi connectivity index (χ0v) is 12.7. The fraction of sp³-hybridized carbons (Fsp3) is 0.333. The van der Waals surface area contributed by atoms with Gasteiger partial charge in [0.2, 0.25) is 0 Å². The van der Waals surface area contributed by atoms with Gasteiger partial charge in [-0.1, -0.05) is 36.4 Å². The van der Waals surface area contributed by atoms with Crippen LogP contribution in [0.1, 0.15) is 17.7 Å². The van der Waals surface area contributed by atoms with Crippen LogP contribution in [0.2, 0.25) is 0 Å². The number of epoxide rings is 1. The SMILES string of the molecule is O=C(OCc1ccccc1)N1CC[C@@]2(c3ccccn3)O[C@@H]2C1. The van der Waals surface area contributed by atoms with Gasteiger partial charge in [0.25, 0.3) is 0 Å². The number of pyridine rings is 1. The molecular formula is C18H18N2O3. The summed E-state index contributed by atoms with van der Waals surface area (Å²) in [5.41, 5.74) is 1.66. The summed E-state index contributed by atoms with van der Waals surface area (Å²) in [7, 11) is 0. The van der Waals surface area contributed by atoms with E-state index in [1.165, 1.54) is 0 Å². The Kier molecular flexibility index (Phi) is 3.50. The molecule has 2 aliphatic rings. The standard InChI is InChI=1S/C18H18N2O3/c21-17(22-13-14-6-2-1-3-7-14)20-11-9-18(16(12-20)23-18)15-8-4-5-10-19-15/h1-8,10,16H,9,11-13H2/t16-,18+/m1/s1. The van der Waals surface area contributed by atoms with Crippen LogP contribution >= 0.6 is 0 Å². The van der Waals surface area contributed by atoms with Gasteiger partial charge >= 0.3 is 6.09 Å². The topological polar surface area (TPSA) is 55.0 Å². The third kappa shape index (κ3) is 2.68. The first-order valence-corrected chi connectivity index (χ1v) is 7.83. The van der Waals surface area contributed by atoms with E-state index in [4.69, 9.17) is 9.47 Å². The van der Waals surface area contributed by atoms with Gasteiger partial charge in [0.1, 0.15) is 18.3 Å². The van der Waals surface area contributed by atoms with Gasteiger partial charge in [0.15, 0.2) is 0 Å². The molecule has 4 rings (SSSR count). The van der Waals surface area contributed by atoms with Crippen molar-refractivity contribution < 1.29 is 14.3 Å². The van der Waals surface area contributed by atoms with Crippen LogP contribution in [0.25, 0.3) is 0 Å². The lowest BCUT2D eigenvalue weighted by molar-refractivity contribution is 0.0894. The minimum absolute atomic E-state index is 0.0235. The maximum Gasteiger partial charge on any atom is 0.410 e. The second-order valence-electron chi connectivity index (χ2n) is 5.95. The van der Waals surface area contributed by atoms with Gasteiger partial charge < -0.3 is 14.4 Å². The van der Waals surface area contributed by atoms with Gasteiger partial charge in [0, 0.05) is 19.2 Å². The quantitative estimate of drug-likeness (QED) is 0.818. The van der Waals surface area contributed by atoms with E-state index in [1.54, 1.807) is 11.1 Å². The van der Waals surface area contributed by atoms with E-state index in [1.807, 2.05) is 48.5 Å². The summed E-state index contributed by atoms with van der Waals surface area (Å²) in [6.45, 7) is 1.48. The Morgan fingerprint density at radius 3 is 2.83 bits per heavy atom. The van der Waals surface area contributed by atoms with Gasteiger partial charge in [-0.15, -0.1) is 0 Å². The number of rotatable bonds is 3. The number of carbonyl (C=O) groups excluding carboxylic acids is 1. The number of hydrogen-bond donors (Lipinski definition) is 0. The monoisotopic (exact) mass is 310 g/mol. The fourth-order valence-corrected chi connectivity index (χ4v) is 3.16. The van der Waals surface area contributed by atoms with Crippen molar-refractivity contribution in [2.75, 3.05) is 13.1 Å². The van der Waals surface area contributed by atoms with Crippen LogP contribution in [0.5, 0.6) is 0 Å². The predicted molar refractivity (Wildman–Crippen MR) is 83.6 cm³/mol. The highest BCUT2D eigenvalue weighted by atomic mass is 16.6. The molecular weight excluding hydrogens is 292 g/mol. The van der Waals surface area contributed by atoms with E-state index < -0.39 is 0 Å². The van der Waals surface area contributed by atoms with Crippen molar-refractivity contribution in [3.8, 4) is 0 Å². The average molecular weight is 310 g/mol. The van der Waals surface area contributed by atoms with Crippen LogP contribution < -0.4 is 0 Å². The van der Waals surface area contributed by atoms with Crippen LogP contribution in [0.3, 0.4) is 0 Å². The maximum atomic E-state index is 12.2. The van der Waals surface area contributed by atoms with E-state index in [0.717, 1.165) is 17.7 Å². The first kappa shape index (κ1) is 14.2. The Morgan fingerprint density at radius 1 is 1.26 bits per heavy atom. The largest absolute Gasteiger partial charge is 0.445 e. The summed E-state index contributed by atoms with van der Waals surface area (Å²) in [6, 6.07) is 15.6. The lowest BCUT2D eigenvalue weighted by Crippen LogP contribution is -2.42. The molecule has 0 aliphatic carbocycles.